The van der Waals surface area contributed by atoms with E-state index in [4.69, 9.17) is 5.73 Å². The molecular weight excluding hydrogens is 210 g/mol. The molecule has 1 aliphatic heterocycles. The van der Waals surface area contributed by atoms with Gasteiger partial charge in [-0.05, 0) is 20.0 Å². The van der Waals surface area contributed by atoms with Crippen LogP contribution in [0.4, 0.5) is 0 Å². The largest absolute Gasteiger partial charge is 0.330 e. The van der Waals surface area contributed by atoms with Crippen molar-refractivity contribution in [1.29, 1.82) is 0 Å². The van der Waals surface area contributed by atoms with Crippen molar-refractivity contribution in [1.82, 2.24) is 9.80 Å². The SMILES string of the molecule is CN1CCN(CCS(=O)CCCN)CC1. The molecule has 1 heterocycles. The van der Waals surface area contributed by atoms with Crippen LogP contribution in [0.3, 0.4) is 0 Å². The molecule has 0 saturated carbocycles. The first-order chi connectivity index (χ1) is 7.22. The minimum absolute atomic E-state index is 0.653. The molecule has 15 heavy (non-hydrogen) atoms. The lowest BCUT2D eigenvalue weighted by Gasteiger charge is -2.32. The second-order valence-electron chi connectivity index (χ2n) is 4.14. The Hall–Kier alpha value is 0.0300. The Morgan fingerprint density at radius 3 is 2.47 bits per heavy atom. The van der Waals surface area contributed by atoms with Gasteiger partial charge in [0.1, 0.15) is 0 Å². The fraction of sp³-hybridized carbons (Fsp3) is 1.00. The third kappa shape index (κ3) is 5.61. The van der Waals surface area contributed by atoms with Crippen molar-refractivity contribution < 1.29 is 4.21 Å². The van der Waals surface area contributed by atoms with Crippen LogP contribution in [0.5, 0.6) is 0 Å². The van der Waals surface area contributed by atoms with E-state index in [0.29, 0.717) is 6.54 Å². The van der Waals surface area contributed by atoms with Gasteiger partial charge < -0.3 is 10.6 Å². The van der Waals surface area contributed by atoms with Gasteiger partial charge >= 0.3 is 0 Å². The van der Waals surface area contributed by atoms with Crippen molar-refractivity contribution >= 4 is 10.8 Å². The zero-order chi connectivity index (χ0) is 11.1. The summed E-state index contributed by atoms with van der Waals surface area (Å²) in [5, 5.41) is 0. The van der Waals surface area contributed by atoms with Crippen molar-refractivity contribution in [3.63, 3.8) is 0 Å². The lowest BCUT2D eigenvalue weighted by atomic mass is 10.3. The highest BCUT2D eigenvalue weighted by molar-refractivity contribution is 7.84. The van der Waals surface area contributed by atoms with E-state index in [0.717, 1.165) is 50.7 Å². The van der Waals surface area contributed by atoms with Gasteiger partial charge in [0.25, 0.3) is 0 Å². The van der Waals surface area contributed by atoms with E-state index in [9.17, 15) is 4.21 Å². The molecule has 90 valence electrons. The molecule has 1 fully saturated rings. The van der Waals surface area contributed by atoms with Crippen LogP contribution < -0.4 is 5.73 Å². The van der Waals surface area contributed by atoms with Gasteiger partial charge in [-0.15, -0.1) is 0 Å². The molecule has 0 radical (unpaired) electrons. The minimum Gasteiger partial charge on any atom is -0.330 e. The molecule has 4 nitrogen and oxygen atoms in total. The molecule has 1 saturated heterocycles. The standard InChI is InChI=1S/C10H23N3OS/c1-12-4-6-13(7-5-12)8-10-15(14)9-2-3-11/h2-11H2,1H3. The van der Waals surface area contributed by atoms with Crippen molar-refractivity contribution in [3.05, 3.63) is 0 Å². The molecule has 0 amide bonds. The number of piperazine rings is 1. The number of hydrogen-bond acceptors (Lipinski definition) is 4. The quantitative estimate of drug-likeness (QED) is 0.661. The van der Waals surface area contributed by atoms with Gasteiger partial charge in [0, 0.05) is 55.0 Å². The van der Waals surface area contributed by atoms with Gasteiger partial charge in [-0.25, -0.2) is 0 Å². The third-order valence-electron chi connectivity index (χ3n) is 2.81. The summed E-state index contributed by atoms with van der Waals surface area (Å²) in [6, 6.07) is 0. The van der Waals surface area contributed by atoms with Gasteiger partial charge in [-0.2, -0.15) is 0 Å². The van der Waals surface area contributed by atoms with E-state index in [1.165, 1.54) is 0 Å². The summed E-state index contributed by atoms with van der Waals surface area (Å²) in [7, 11) is 1.48. The number of nitrogens with two attached hydrogens (primary N) is 1. The molecule has 2 N–H and O–H groups in total. The Balaban J connectivity index is 2.06. The fourth-order valence-corrected chi connectivity index (χ4v) is 2.80. The molecule has 1 atom stereocenters. The molecule has 0 aliphatic carbocycles. The van der Waals surface area contributed by atoms with Crippen LogP contribution in [0.25, 0.3) is 0 Å². The Morgan fingerprint density at radius 1 is 1.20 bits per heavy atom. The third-order valence-corrected chi connectivity index (χ3v) is 4.19. The van der Waals surface area contributed by atoms with E-state index in [1.54, 1.807) is 0 Å². The maximum absolute atomic E-state index is 11.5. The zero-order valence-electron chi connectivity index (χ0n) is 9.65. The molecule has 5 heteroatoms. The van der Waals surface area contributed by atoms with Crippen LogP contribution >= 0.6 is 0 Å². The average molecular weight is 233 g/mol. The predicted octanol–water partition coefficient (Wildman–Crippen LogP) is -0.669. The summed E-state index contributed by atoms with van der Waals surface area (Å²) in [4.78, 5) is 4.74. The van der Waals surface area contributed by atoms with Crippen LogP contribution in [0.1, 0.15) is 6.42 Å². The van der Waals surface area contributed by atoms with Crippen LogP contribution in [-0.4, -0.2) is 71.8 Å². The molecule has 0 spiro atoms. The van der Waals surface area contributed by atoms with Gasteiger partial charge in [-0.1, -0.05) is 0 Å². The molecule has 1 aliphatic rings. The van der Waals surface area contributed by atoms with E-state index in [2.05, 4.69) is 16.8 Å². The summed E-state index contributed by atoms with van der Waals surface area (Å²) in [6.07, 6.45) is 0.884. The van der Waals surface area contributed by atoms with E-state index in [1.807, 2.05) is 0 Å². The number of rotatable bonds is 6. The van der Waals surface area contributed by atoms with Gasteiger partial charge in [0.15, 0.2) is 0 Å². The molecule has 0 aromatic heterocycles. The van der Waals surface area contributed by atoms with E-state index < -0.39 is 10.8 Å². The fourth-order valence-electron chi connectivity index (χ4n) is 1.65. The summed E-state index contributed by atoms with van der Waals surface area (Å²) < 4.78 is 11.5. The van der Waals surface area contributed by atoms with Crippen LogP contribution in [0, 0.1) is 0 Å². The van der Waals surface area contributed by atoms with Crippen LogP contribution in [0.2, 0.25) is 0 Å². The van der Waals surface area contributed by atoms with Crippen LogP contribution in [0.15, 0.2) is 0 Å². The first kappa shape index (κ1) is 13.1. The molecule has 0 aromatic carbocycles. The lowest BCUT2D eigenvalue weighted by Crippen LogP contribution is -2.45. The highest BCUT2D eigenvalue weighted by atomic mass is 32.2. The number of likely N-dealkylation sites (N-methyl/N-ethyl adjacent to an activating group) is 1. The van der Waals surface area contributed by atoms with Crippen molar-refractivity contribution in [2.45, 2.75) is 6.42 Å². The Morgan fingerprint density at radius 2 is 1.87 bits per heavy atom. The van der Waals surface area contributed by atoms with E-state index in [-0.39, 0.29) is 0 Å². The zero-order valence-corrected chi connectivity index (χ0v) is 10.5. The second-order valence-corrected chi connectivity index (χ2v) is 5.83. The van der Waals surface area contributed by atoms with Crippen molar-refractivity contribution in [2.75, 3.05) is 57.8 Å². The minimum atomic E-state index is -0.666. The lowest BCUT2D eigenvalue weighted by molar-refractivity contribution is 0.161. The number of hydrogen-bond donors (Lipinski definition) is 1. The molecular formula is C10H23N3OS. The van der Waals surface area contributed by atoms with Gasteiger partial charge in [-0.3, -0.25) is 9.11 Å². The monoisotopic (exact) mass is 233 g/mol. The molecule has 0 aromatic rings. The summed E-state index contributed by atoms with van der Waals surface area (Å²) >= 11 is 0. The summed E-state index contributed by atoms with van der Waals surface area (Å²) in [5.41, 5.74) is 5.38. The highest BCUT2D eigenvalue weighted by Crippen LogP contribution is 1.99. The van der Waals surface area contributed by atoms with E-state index >= 15 is 0 Å². The number of nitrogens with zero attached hydrogens (tertiary/aromatic N) is 2. The first-order valence-electron chi connectivity index (χ1n) is 5.68. The topological polar surface area (TPSA) is 49.6 Å². The van der Waals surface area contributed by atoms with Crippen molar-refractivity contribution in [3.8, 4) is 0 Å². The Kier molecular flexibility index (Phi) is 6.40. The van der Waals surface area contributed by atoms with Crippen molar-refractivity contribution in [2.24, 2.45) is 5.73 Å². The Labute approximate surface area is 95.3 Å². The first-order valence-corrected chi connectivity index (χ1v) is 7.17. The van der Waals surface area contributed by atoms with Gasteiger partial charge in [0.2, 0.25) is 0 Å². The maximum Gasteiger partial charge on any atom is 0.0362 e. The second kappa shape index (κ2) is 7.33. The molecule has 1 rings (SSSR count). The average Bonchev–Trinajstić information content (AvgIpc) is 2.25. The summed E-state index contributed by atoms with van der Waals surface area (Å²) in [6.45, 7) is 6.13. The highest BCUT2D eigenvalue weighted by Gasteiger charge is 2.13. The van der Waals surface area contributed by atoms with Crippen LogP contribution in [-0.2, 0) is 10.8 Å². The molecule has 0 bridgehead atoms. The summed E-state index contributed by atoms with van der Waals surface area (Å²) in [5.74, 6) is 1.58. The molecule has 1 unspecified atom stereocenters. The predicted molar refractivity (Wildman–Crippen MR) is 65.5 cm³/mol. The van der Waals surface area contributed by atoms with Gasteiger partial charge in [0.05, 0.1) is 0 Å². The normalized spacial score (nSPS) is 21.7. The maximum atomic E-state index is 11.5. The smallest absolute Gasteiger partial charge is 0.0362 e. The Bertz CT molecular complexity index is 193.